The molecule has 3 atom stereocenters. The van der Waals surface area contributed by atoms with E-state index in [0.717, 1.165) is 35.6 Å². The number of hydrogen-bond donors (Lipinski definition) is 2. The largest absolute Gasteiger partial charge is 0.438 e. The number of imidazole rings is 1. The van der Waals surface area contributed by atoms with Crippen molar-refractivity contribution in [3.63, 3.8) is 0 Å². The Labute approximate surface area is 364 Å². The summed E-state index contributed by atoms with van der Waals surface area (Å²) in [6.07, 6.45) is 6.82. The van der Waals surface area contributed by atoms with Crippen LogP contribution in [0.1, 0.15) is 81.9 Å². The van der Waals surface area contributed by atoms with Gasteiger partial charge in [-0.1, -0.05) is 29.7 Å². The molecule has 0 radical (unpaired) electrons. The number of carbonyl (C=O) groups is 1. The number of rotatable bonds is 9. The smallest absolute Gasteiger partial charge is 0.381 e. The van der Waals surface area contributed by atoms with E-state index in [9.17, 15) is 18.0 Å². The number of aromatic nitrogens is 7. The molecule has 1 aliphatic carbocycles. The monoisotopic (exact) mass is 895 g/mol. The van der Waals surface area contributed by atoms with Gasteiger partial charge >= 0.3 is 11.4 Å². The zero-order valence-electron chi connectivity index (χ0n) is 34.8. The molecule has 2 fully saturated rings. The van der Waals surface area contributed by atoms with E-state index in [2.05, 4.69) is 27.0 Å². The van der Waals surface area contributed by atoms with Gasteiger partial charge in [-0.25, -0.2) is 27.1 Å². The van der Waals surface area contributed by atoms with E-state index in [4.69, 9.17) is 26.0 Å². The van der Waals surface area contributed by atoms with Crippen molar-refractivity contribution in [2.45, 2.75) is 63.4 Å². The molecule has 0 spiro atoms. The molecule has 1 saturated heterocycles. The van der Waals surface area contributed by atoms with Gasteiger partial charge in [0.05, 0.1) is 28.9 Å². The molecule has 10 rings (SSSR count). The van der Waals surface area contributed by atoms with Crippen LogP contribution in [0.25, 0.3) is 28.1 Å². The van der Waals surface area contributed by atoms with Crippen LogP contribution >= 0.6 is 11.6 Å². The first-order valence-corrected chi connectivity index (χ1v) is 23.0. The summed E-state index contributed by atoms with van der Waals surface area (Å²) >= 11 is 7.52. The highest BCUT2D eigenvalue weighted by atomic mass is 35.5. The Bertz CT molecular complexity index is 3190. The Morgan fingerprint density at radius 2 is 1.68 bits per heavy atom. The summed E-state index contributed by atoms with van der Waals surface area (Å²) in [5.41, 5.74) is 2.75. The normalized spacial score (nSPS) is 20.3. The highest BCUT2D eigenvalue weighted by Gasteiger charge is 2.59. The number of anilines is 1. The number of hydrogen-bond acceptors (Lipinski definition) is 9. The zero-order valence-corrected chi connectivity index (χ0v) is 36.3. The van der Waals surface area contributed by atoms with Gasteiger partial charge in [0, 0.05) is 55.2 Å². The first-order chi connectivity index (χ1) is 30.1. The lowest BCUT2D eigenvalue weighted by atomic mass is 9.91. The highest BCUT2D eigenvalue weighted by Crippen LogP contribution is 2.56. The molecular weight excluding hydrogens is 853 g/mol. The van der Waals surface area contributed by atoms with Crippen molar-refractivity contribution in [3.8, 4) is 17.2 Å². The molecule has 1 amide bonds. The molecule has 3 aliphatic rings. The number of sulfonamides is 1. The van der Waals surface area contributed by atoms with Gasteiger partial charge in [0.15, 0.2) is 11.6 Å². The summed E-state index contributed by atoms with van der Waals surface area (Å²) < 4.78 is 58.1. The predicted octanol–water partition coefficient (Wildman–Crippen LogP) is 6.19. The minimum absolute atomic E-state index is 0.0224. The fourth-order valence-corrected chi connectivity index (χ4v) is 10.5. The molecule has 1 saturated carbocycles. The lowest BCUT2D eigenvalue weighted by molar-refractivity contribution is 0.0709. The number of halogens is 2. The number of aromatic amines is 1. The number of nitrogens with zero attached hydrogens (tertiary/aromatic N) is 7. The van der Waals surface area contributed by atoms with Crippen LogP contribution in [0.15, 0.2) is 87.2 Å². The number of benzene rings is 3. The van der Waals surface area contributed by atoms with Crippen molar-refractivity contribution in [1.82, 2.24) is 38.5 Å². The number of ether oxygens (including phenoxy) is 1. The van der Waals surface area contributed by atoms with Crippen molar-refractivity contribution in [3.05, 3.63) is 139 Å². The maximum absolute atomic E-state index is 15.3. The van der Waals surface area contributed by atoms with Gasteiger partial charge in [-0.2, -0.15) is 5.10 Å². The van der Waals surface area contributed by atoms with Crippen LogP contribution in [0.3, 0.4) is 0 Å². The van der Waals surface area contributed by atoms with Crippen molar-refractivity contribution < 1.29 is 26.9 Å². The minimum atomic E-state index is -3.53. The molecule has 2 N–H and O–H groups in total. The van der Waals surface area contributed by atoms with Crippen LogP contribution in [0, 0.1) is 25.6 Å². The lowest BCUT2D eigenvalue weighted by Gasteiger charge is -2.33. The van der Waals surface area contributed by atoms with Crippen LogP contribution in [-0.2, 0) is 26.7 Å². The standard InChI is InChI=1S/C44H43ClFN9O7S/c1-24-19-32(20-25(2)37(24)46)55-39(53-16-15-51(43(53)58)31-8-6-30(7-9-31)50-63(4,59)60)36-33(48-55)11-14-52(38(36)45)40(56)35-22-29-21-28(27-12-17-61-18-13-27)5-10-34(29)54(35)44(23-26(44)3)41-47-42(57)62-49-41/h5-10,15-16,19-22,26-27,38,50H,11-14,17-18,23H2,1-4H3,(H,47,49,57). The van der Waals surface area contributed by atoms with Gasteiger partial charge in [0.1, 0.15) is 22.6 Å². The van der Waals surface area contributed by atoms with Crippen LogP contribution in [0.5, 0.6) is 0 Å². The number of nitrogens with one attached hydrogen (secondary N) is 2. The van der Waals surface area contributed by atoms with E-state index in [1.165, 1.54) is 9.13 Å². The highest BCUT2D eigenvalue weighted by molar-refractivity contribution is 7.92. The van der Waals surface area contributed by atoms with E-state index >= 15 is 9.18 Å². The van der Waals surface area contributed by atoms with E-state index < -0.39 is 32.5 Å². The summed E-state index contributed by atoms with van der Waals surface area (Å²) in [5.74, 6) is -0.575. The molecule has 16 nitrogen and oxygen atoms in total. The molecule has 63 heavy (non-hydrogen) atoms. The summed E-state index contributed by atoms with van der Waals surface area (Å²) in [5, 5.41) is 9.95. The summed E-state index contributed by atoms with van der Waals surface area (Å²) in [6.45, 7) is 6.87. The van der Waals surface area contributed by atoms with Gasteiger partial charge < -0.3 is 14.2 Å². The fraction of sp³-hybridized carbons (Fsp3) is 0.341. The van der Waals surface area contributed by atoms with Crippen LogP contribution in [-0.4, -0.2) is 78.9 Å². The molecule has 3 unspecified atom stereocenters. The first-order valence-electron chi connectivity index (χ1n) is 20.7. The molecule has 0 bridgehead atoms. The quantitative estimate of drug-likeness (QED) is 0.126. The number of carbonyl (C=O) groups excluding carboxylic acids is 1. The van der Waals surface area contributed by atoms with Crippen LogP contribution < -0.4 is 16.2 Å². The van der Waals surface area contributed by atoms with E-state index in [0.29, 0.717) is 76.5 Å². The van der Waals surface area contributed by atoms with Crippen molar-refractivity contribution >= 4 is 44.1 Å². The Morgan fingerprint density at radius 3 is 2.33 bits per heavy atom. The van der Waals surface area contributed by atoms with E-state index in [1.54, 1.807) is 72.2 Å². The lowest BCUT2D eigenvalue weighted by Crippen LogP contribution is -2.40. The second-order valence-electron chi connectivity index (χ2n) is 16.9. The maximum Gasteiger partial charge on any atom is 0.438 e. The number of fused-ring (bicyclic) bond motifs is 2. The molecule has 2 aliphatic heterocycles. The second kappa shape index (κ2) is 14.9. The zero-order chi connectivity index (χ0) is 44.1. The molecule has 19 heteroatoms. The minimum Gasteiger partial charge on any atom is -0.381 e. The second-order valence-corrected chi connectivity index (χ2v) is 19.0. The van der Waals surface area contributed by atoms with E-state index in [1.807, 2.05) is 23.6 Å². The van der Waals surface area contributed by atoms with Crippen molar-refractivity contribution in [2.75, 3.05) is 30.7 Å². The topological polar surface area (TPSA) is 184 Å². The third-order valence-corrected chi connectivity index (χ3v) is 13.8. The molecule has 326 valence electrons. The Kier molecular flexibility index (Phi) is 9.68. The summed E-state index contributed by atoms with van der Waals surface area (Å²) in [4.78, 5) is 46.5. The number of amides is 1. The molecule has 3 aromatic carbocycles. The molecule has 7 aromatic rings. The predicted molar refractivity (Wildman–Crippen MR) is 232 cm³/mol. The third-order valence-electron chi connectivity index (χ3n) is 12.7. The average molecular weight is 896 g/mol. The van der Waals surface area contributed by atoms with Gasteiger partial charge in [-0.05, 0) is 116 Å². The number of aryl methyl sites for hydroxylation is 2. The number of H-pyrrole nitrogens is 1. The van der Waals surface area contributed by atoms with E-state index in [-0.39, 0.29) is 36.4 Å². The van der Waals surface area contributed by atoms with Crippen LogP contribution in [0.2, 0.25) is 0 Å². The maximum atomic E-state index is 15.3. The molecule has 6 heterocycles. The Morgan fingerprint density at radius 1 is 0.984 bits per heavy atom. The Hall–Kier alpha value is -6.24. The third kappa shape index (κ3) is 6.82. The van der Waals surface area contributed by atoms with Gasteiger partial charge in [-0.3, -0.25) is 28.2 Å². The van der Waals surface area contributed by atoms with Crippen molar-refractivity contribution in [1.29, 1.82) is 0 Å². The van der Waals surface area contributed by atoms with Crippen molar-refractivity contribution in [2.24, 2.45) is 5.92 Å². The van der Waals surface area contributed by atoms with Gasteiger partial charge in [-0.15, -0.1) is 0 Å². The van der Waals surface area contributed by atoms with Gasteiger partial charge in [0.2, 0.25) is 10.0 Å². The van der Waals surface area contributed by atoms with Gasteiger partial charge in [0.25, 0.3) is 5.91 Å². The Balaban J connectivity index is 1.10. The summed E-state index contributed by atoms with van der Waals surface area (Å²) in [6, 6.07) is 17.7. The average Bonchev–Trinajstić information content (AvgIpc) is 3.75. The molecular formula is C44H43ClFN9O7S. The molecule has 4 aromatic heterocycles. The SMILES string of the molecule is Cc1cc(-n2nc3c(c2-n2ccn(-c4ccc(NS(C)(=O)=O)cc4)c2=O)C(Cl)N(C(=O)c2cc4cc(C5CCOCC5)ccc4n2C2(c4noc(=O)[nH]4)CC2C)CC3)cc(C)c1F. The first kappa shape index (κ1) is 40.8. The van der Waals surface area contributed by atoms with Crippen LogP contribution in [0.4, 0.5) is 10.1 Å². The number of alkyl halides is 1. The summed E-state index contributed by atoms with van der Waals surface area (Å²) in [7, 11) is -3.53. The fourth-order valence-electron chi connectivity index (χ4n) is 9.52.